The number of likely N-dealkylation sites (tertiary alicyclic amines) is 3. The molecule has 8 rings (SSSR count). The zero-order valence-electron chi connectivity index (χ0n) is 24.9. The average molecular weight is 568 g/mol. The molecule has 2 unspecified atom stereocenters. The smallest absolute Gasteiger partial charge is 0.226 e. The van der Waals surface area contributed by atoms with E-state index in [0.717, 1.165) is 84.7 Å². The van der Waals surface area contributed by atoms with Crippen LogP contribution in [0.4, 0.5) is 0 Å². The lowest BCUT2D eigenvalue weighted by Gasteiger charge is -2.41. The second-order valence-electron chi connectivity index (χ2n) is 14.5. The van der Waals surface area contributed by atoms with Gasteiger partial charge in [0, 0.05) is 45.1 Å². The van der Waals surface area contributed by atoms with Gasteiger partial charge in [-0.25, -0.2) is 0 Å². The summed E-state index contributed by atoms with van der Waals surface area (Å²) in [6.07, 6.45) is 7.27. The summed E-state index contributed by atoms with van der Waals surface area (Å²) in [5, 5.41) is 0. The first-order chi connectivity index (χ1) is 20.5. The first-order valence-electron chi connectivity index (χ1n) is 16.5. The Kier molecular flexibility index (Phi) is 6.71. The van der Waals surface area contributed by atoms with E-state index < -0.39 is 0 Å². The minimum absolute atomic E-state index is 0.110. The zero-order valence-corrected chi connectivity index (χ0v) is 24.9. The highest BCUT2D eigenvalue weighted by atomic mass is 16.5. The van der Waals surface area contributed by atoms with E-state index in [0.29, 0.717) is 41.4 Å². The van der Waals surface area contributed by atoms with Crippen LogP contribution in [0.1, 0.15) is 67.6 Å². The maximum Gasteiger partial charge on any atom is 0.226 e. The Balaban J connectivity index is 0.876. The molecule has 4 heterocycles. The van der Waals surface area contributed by atoms with E-state index in [2.05, 4.69) is 69.3 Å². The van der Waals surface area contributed by atoms with Crippen molar-refractivity contribution < 1.29 is 14.3 Å². The van der Waals surface area contributed by atoms with Gasteiger partial charge >= 0.3 is 0 Å². The monoisotopic (exact) mass is 567 g/mol. The fourth-order valence-corrected chi connectivity index (χ4v) is 9.58. The minimum atomic E-state index is 0.110. The minimum Gasteiger partial charge on any atom is -0.381 e. The Morgan fingerprint density at radius 3 is 2.21 bits per heavy atom. The summed E-state index contributed by atoms with van der Waals surface area (Å²) in [7, 11) is 0. The Labute approximate surface area is 250 Å². The van der Waals surface area contributed by atoms with Crippen LogP contribution in [0.3, 0.4) is 0 Å². The van der Waals surface area contributed by atoms with Crippen molar-refractivity contribution in [2.24, 2.45) is 23.2 Å². The van der Waals surface area contributed by atoms with Gasteiger partial charge in [-0.1, -0.05) is 54.6 Å². The molecule has 2 aromatic rings. The predicted molar refractivity (Wildman–Crippen MR) is 162 cm³/mol. The lowest BCUT2D eigenvalue weighted by atomic mass is 9.73. The lowest BCUT2D eigenvalue weighted by molar-refractivity contribution is -0.135. The van der Waals surface area contributed by atoms with Crippen molar-refractivity contribution in [3.05, 3.63) is 71.3 Å². The number of rotatable bonds is 5. The highest BCUT2D eigenvalue weighted by Gasteiger charge is 2.59. The quantitative estimate of drug-likeness (QED) is 0.520. The van der Waals surface area contributed by atoms with Crippen molar-refractivity contribution in [3.8, 4) is 0 Å². The standard InChI is InChI=1S/C36H45N3O3/c40-32(39-17-12-35(25-39)10-15-37(16-11-35)22-26-6-2-1-3-7-26)20-27-21-36(31-9-5-4-8-28(27)31)13-18-38(19-14-36)34(41)33-29-23-42-24-30(29)33/h1-9,27,29-30,33H,10-25H2/t27?,29-,30+,33?. The average Bonchev–Trinajstić information content (AvgIpc) is 3.33. The molecule has 4 atom stereocenters. The van der Waals surface area contributed by atoms with Gasteiger partial charge in [-0.05, 0) is 96.9 Å². The van der Waals surface area contributed by atoms with Crippen LogP contribution in [0.25, 0.3) is 0 Å². The summed E-state index contributed by atoms with van der Waals surface area (Å²) in [6.45, 7) is 8.39. The van der Waals surface area contributed by atoms with Crippen LogP contribution >= 0.6 is 0 Å². The molecule has 0 N–H and O–H groups in total. The van der Waals surface area contributed by atoms with E-state index in [1.54, 1.807) is 0 Å². The van der Waals surface area contributed by atoms with Crippen LogP contribution in [-0.2, 0) is 26.3 Å². The Hall–Kier alpha value is -2.70. The van der Waals surface area contributed by atoms with E-state index in [9.17, 15) is 9.59 Å². The summed E-state index contributed by atoms with van der Waals surface area (Å²) in [5.41, 5.74) is 4.66. The number of hydrogen-bond donors (Lipinski definition) is 0. The molecule has 2 aromatic carbocycles. The SMILES string of the molecule is O=C(CC1CC2(CCN(C(=O)C3[C@H]4COC[C@@H]34)CC2)c2ccccc21)N1CCC2(CCN(Cc3ccccc3)CC2)C1. The third-order valence-corrected chi connectivity index (χ3v) is 12.3. The van der Waals surface area contributed by atoms with Gasteiger partial charge < -0.3 is 14.5 Å². The second kappa shape index (κ2) is 10.5. The summed E-state index contributed by atoms with van der Waals surface area (Å²) in [4.78, 5) is 33.9. The maximum atomic E-state index is 13.8. The number of hydrogen-bond acceptors (Lipinski definition) is 4. The van der Waals surface area contributed by atoms with Crippen LogP contribution in [0.2, 0.25) is 0 Å². The molecule has 2 amide bonds. The summed E-state index contributed by atoms with van der Waals surface area (Å²) >= 11 is 0. The Morgan fingerprint density at radius 2 is 1.45 bits per heavy atom. The molecule has 222 valence electrons. The fourth-order valence-electron chi connectivity index (χ4n) is 9.58. The molecule has 1 saturated carbocycles. The van der Waals surface area contributed by atoms with Crippen molar-refractivity contribution in [1.82, 2.24) is 14.7 Å². The molecule has 6 nitrogen and oxygen atoms in total. The van der Waals surface area contributed by atoms with E-state index in [4.69, 9.17) is 4.74 Å². The largest absolute Gasteiger partial charge is 0.381 e. The van der Waals surface area contributed by atoms with Crippen LogP contribution in [0.5, 0.6) is 0 Å². The van der Waals surface area contributed by atoms with E-state index >= 15 is 0 Å². The normalized spacial score (nSPS) is 31.0. The van der Waals surface area contributed by atoms with Crippen LogP contribution in [-0.4, -0.2) is 79.0 Å². The lowest BCUT2D eigenvalue weighted by Crippen LogP contribution is -2.45. The van der Waals surface area contributed by atoms with Crippen molar-refractivity contribution in [1.29, 1.82) is 0 Å². The number of amides is 2. The van der Waals surface area contributed by atoms with Gasteiger partial charge in [0.2, 0.25) is 11.8 Å². The van der Waals surface area contributed by atoms with Crippen LogP contribution < -0.4 is 0 Å². The van der Waals surface area contributed by atoms with Crippen molar-refractivity contribution in [2.45, 2.75) is 62.8 Å². The van der Waals surface area contributed by atoms with Gasteiger partial charge in [-0.2, -0.15) is 0 Å². The maximum absolute atomic E-state index is 13.8. The second-order valence-corrected chi connectivity index (χ2v) is 14.5. The molecule has 5 fully saturated rings. The van der Waals surface area contributed by atoms with Gasteiger partial charge in [0.25, 0.3) is 0 Å². The summed E-state index contributed by atoms with van der Waals surface area (Å²) in [6, 6.07) is 19.7. The third-order valence-electron chi connectivity index (χ3n) is 12.3. The zero-order chi connectivity index (χ0) is 28.3. The number of piperidine rings is 2. The van der Waals surface area contributed by atoms with Gasteiger partial charge in [0.05, 0.1) is 13.2 Å². The van der Waals surface area contributed by atoms with Crippen molar-refractivity contribution in [2.75, 3.05) is 52.5 Å². The molecule has 42 heavy (non-hydrogen) atoms. The molecule has 2 spiro atoms. The number of nitrogens with zero attached hydrogens (tertiary/aromatic N) is 3. The third kappa shape index (κ3) is 4.70. The van der Waals surface area contributed by atoms with Crippen molar-refractivity contribution in [3.63, 3.8) is 0 Å². The molecular formula is C36H45N3O3. The Morgan fingerprint density at radius 1 is 0.786 bits per heavy atom. The first-order valence-corrected chi connectivity index (χ1v) is 16.5. The summed E-state index contributed by atoms with van der Waals surface area (Å²) in [5.74, 6) is 2.18. The highest BCUT2D eigenvalue weighted by Crippen LogP contribution is 2.55. The van der Waals surface area contributed by atoms with Gasteiger partial charge in [0.15, 0.2) is 0 Å². The number of benzene rings is 2. The molecule has 0 bridgehead atoms. The molecule has 0 aromatic heterocycles. The highest BCUT2D eigenvalue weighted by molar-refractivity contribution is 5.83. The molecule has 4 aliphatic heterocycles. The van der Waals surface area contributed by atoms with E-state index in [-0.39, 0.29) is 11.3 Å². The molecule has 2 aliphatic carbocycles. The molecule has 0 radical (unpaired) electrons. The predicted octanol–water partition coefficient (Wildman–Crippen LogP) is 4.83. The van der Waals surface area contributed by atoms with E-state index in [1.807, 2.05) is 0 Å². The first kappa shape index (κ1) is 26.9. The van der Waals surface area contributed by atoms with Crippen LogP contribution in [0.15, 0.2) is 54.6 Å². The van der Waals surface area contributed by atoms with Gasteiger partial charge in [-0.15, -0.1) is 0 Å². The molecule has 4 saturated heterocycles. The Bertz CT molecular complexity index is 1320. The summed E-state index contributed by atoms with van der Waals surface area (Å²) < 4.78 is 5.52. The van der Waals surface area contributed by atoms with E-state index in [1.165, 1.54) is 29.5 Å². The number of fused-ring (bicyclic) bond motifs is 3. The molecule has 6 heteroatoms. The van der Waals surface area contributed by atoms with Gasteiger partial charge in [-0.3, -0.25) is 14.5 Å². The number of carbonyl (C=O) groups is 2. The van der Waals surface area contributed by atoms with Gasteiger partial charge in [0.1, 0.15) is 0 Å². The van der Waals surface area contributed by atoms with Crippen molar-refractivity contribution >= 4 is 11.8 Å². The number of carbonyl (C=O) groups excluding carboxylic acids is 2. The van der Waals surface area contributed by atoms with Crippen LogP contribution in [0, 0.1) is 23.2 Å². The molecular weight excluding hydrogens is 522 g/mol. The fraction of sp³-hybridized carbons (Fsp3) is 0.611. The topological polar surface area (TPSA) is 53.1 Å². The number of ether oxygens (including phenoxy) is 1. The molecule has 6 aliphatic rings.